The fourth-order valence-electron chi connectivity index (χ4n) is 2.00. The van der Waals surface area contributed by atoms with Crippen LogP contribution in [0.5, 0.6) is 0 Å². The van der Waals surface area contributed by atoms with E-state index in [2.05, 4.69) is 21.2 Å². The molecule has 0 aliphatic carbocycles. The lowest BCUT2D eigenvalue weighted by atomic mass is 10.0. The second-order valence-electron chi connectivity index (χ2n) is 4.19. The fourth-order valence-corrected chi connectivity index (χ4v) is 2.32. The van der Waals surface area contributed by atoms with Crippen LogP contribution >= 0.6 is 15.9 Å². The summed E-state index contributed by atoms with van der Waals surface area (Å²) in [6.45, 7) is 4.67. The second kappa shape index (κ2) is 5.67. The molecule has 0 amide bonds. The molecule has 1 unspecified atom stereocenters. The molecule has 2 rings (SSSR count). The molecule has 2 nitrogen and oxygen atoms in total. The molecule has 0 saturated heterocycles. The van der Waals surface area contributed by atoms with Crippen molar-refractivity contribution in [1.29, 1.82) is 0 Å². The van der Waals surface area contributed by atoms with E-state index in [4.69, 9.17) is 4.42 Å². The molecule has 0 spiro atoms. The van der Waals surface area contributed by atoms with E-state index in [1.165, 1.54) is 12.1 Å². The molecule has 1 heterocycles. The van der Waals surface area contributed by atoms with E-state index in [1.54, 1.807) is 0 Å². The van der Waals surface area contributed by atoms with E-state index < -0.39 is 0 Å². The number of hydrogen-bond acceptors (Lipinski definition) is 2. The van der Waals surface area contributed by atoms with Crippen molar-refractivity contribution in [3.63, 3.8) is 0 Å². The van der Waals surface area contributed by atoms with Gasteiger partial charge in [-0.15, -0.1) is 0 Å². The minimum Gasteiger partial charge on any atom is -0.452 e. The average molecular weight is 312 g/mol. The van der Waals surface area contributed by atoms with E-state index in [9.17, 15) is 4.39 Å². The number of halogens is 2. The van der Waals surface area contributed by atoms with E-state index in [-0.39, 0.29) is 11.9 Å². The van der Waals surface area contributed by atoms with Crippen LogP contribution in [0.4, 0.5) is 4.39 Å². The van der Waals surface area contributed by atoms with Crippen molar-refractivity contribution in [2.24, 2.45) is 0 Å². The van der Waals surface area contributed by atoms with Crippen LogP contribution < -0.4 is 5.32 Å². The first-order valence-electron chi connectivity index (χ1n) is 5.86. The Bertz CT molecular complexity index is 518. The van der Waals surface area contributed by atoms with Gasteiger partial charge in [-0.05, 0) is 64.8 Å². The summed E-state index contributed by atoms with van der Waals surface area (Å²) in [4.78, 5) is 0. The third-order valence-corrected chi connectivity index (χ3v) is 3.11. The topological polar surface area (TPSA) is 25.2 Å². The first-order valence-corrected chi connectivity index (χ1v) is 6.65. The summed E-state index contributed by atoms with van der Waals surface area (Å²) >= 11 is 3.28. The maximum atomic E-state index is 13.5. The van der Waals surface area contributed by atoms with Crippen molar-refractivity contribution < 1.29 is 8.81 Å². The highest BCUT2D eigenvalue weighted by molar-refractivity contribution is 9.10. The molecule has 2 aromatic rings. The van der Waals surface area contributed by atoms with Crippen molar-refractivity contribution in [3.05, 3.63) is 57.7 Å². The number of hydrogen-bond donors (Lipinski definition) is 1. The molecule has 96 valence electrons. The summed E-state index contributed by atoms with van der Waals surface area (Å²) in [7, 11) is 0. The van der Waals surface area contributed by atoms with Crippen LogP contribution in [0.1, 0.15) is 29.9 Å². The van der Waals surface area contributed by atoms with Gasteiger partial charge in [0, 0.05) is 0 Å². The molecule has 0 saturated carbocycles. The van der Waals surface area contributed by atoms with Crippen LogP contribution in [0.15, 0.2) is 39.4 Å². The first kappa shape index (κ1) is 13.3. The van der Waals surface area contributed by atoms with Gasteiger partial charge in [0.2, 0.25) is 0 Å². The monoisotopic (exact) mass is 311 g/mol. The zero-order valence-corrected chi connectivity index (χ0v) is 11.9. The molecule has 0 fully saturated rings. The van der Waals surface area contributed by atoms with Crippen LogP contribution in [-0.2, 0) is 0 Å². The third-order valence-electron chi connectivity index (χ3n) is 2.68. The number of benzene rings is 1. The van der Waals surface area contributed by atoms with Gasteiger partial charge in [0.05, 0.1) is 6.04 Å². The highest BCUT2D eigenvalue weighted by Gasteiger charge is 2.17. The van der Waals surface area contributed by atoms with E-state index >= 15 is 0 Å². The van der Waals surface area contributed by atoms with Gasteiger partial charge in [-0.1, -0.05) is 13.0 Å². The summed E-state index contributed by atoms with van der Waals surface area (Å²) in [6, 6.07) is 8.62. The largest absolute Gasteiger partial charge is 0.452 e. The predicted octanol–water partition coefficient (Wildman–Crippen LogP) is 4.19. The zero-order chi connectivity index (χ0) is 13.1. The Morgan fingerprint density at radius 1 is 1.33 bits per heavy atom. The summed E-state index contributed by atoms with van der Waals surface area (Å²) in [6.07, 6.45) is 0. The molecule has 0 aliphatic heterocycles. The summed E-state index contributed by atoms with van der Waals surface area (Å²) in [5, 5.41) is 3.30. The van der Waals surface area contributed by atoms with Crippen LogP contribution in [0.25, 0.3) is 0 Å². The van der Waals surface area contributed by atoms with Gasteiger partial charge in [0.15, 0.2) is 4.67 Å². The lowest BCUT2D eigenvalue weighted by Crippen LogP contribution is -2.21. The molecule has 4 heteroatoms. The molecule has 1 atom stereocenters. The number of furan rings is 1. The Kier molecular flexibility index (Phi) is 4.19. The van der Waals surface area contributed by atoms with Crippen LogP contribution in [0.2, 0.25) is 0 Å². The predicted molar refractivity (Wildman–Crippen MR) is 73.1 cm³/mol. The standard InChI is InChI=1S/C14H15BrFNO/c1-3-17-14(12-4-5-13(15)18-12)10-6-9(2)7-11(16)8-10/h4-8,14,17H,3H2,1-2H3. The van der Waals surface area contributed by atoms with Crippen LogP contribution in [0, 0.1) is 12.7 Å². The van der Waals surface area contributed by atoms with Gasteiger partial charge >= 0.3 is 0 Å². The lowest BCUT2D eigenvalue weighted by molar-refractivity contribution is 0.436. The van der Waals surface area contributed by atoms with Crippen molar-refractivity contribution in [1.82, 2.24) is 5.32 Å². The van der Waals surface area contributed by atoms with Crippen molar-refractivity contribution in [2.45, 2.75) is 19.9 Å². The van der Waals surface area contributed by atoms with Gasteiger partial charge in [-0.3, -0.25) is 0 Å². The first-order chi connectivity index (χ1) is 8.60. The molecule has 0 bridgehead atoms. The smallest absolute Gasteiger partial charge is 0.169 e. The second-order valence-corrected chi connectivity index (χ2v) is 4.98. The van der Waals surface area contributed by atoms with Crippen LogP contribution in [-0.4, -0.2) is 6.54 Å². The van der Waals surface area contributed by atoms with Gasteiger partial charge in [0.25, 0.3) is 0 Å². The zero-order valence-electron chi connectivity index (χ0n) is 10.3. The lowest BCUT2D eigenvalue weighted by Gasteiger charge is -2.16. The van der Waals surface area contributed by atoms with E-state index in [0.29, 0.717) is 4.67 Å². The molecule has 1 N–H and O–H groups in total. The average Bonchev–Trinajstić information content (AvgIpc) is 2.71. The maximum absolute atomic E-state index is 13.5. The van der Waals surface area contributed by atoms with E-state index in [0.717, 1.165) is 23.4 Å². The van der Waals surface area contributed by atoms with Crippen molar-refractivity contribution in [3.8, 4) is 0 Å². The number of aryl methyl sites for hydroxylation is 1. The number of nitrogens with one attached hydrogen (secondary N) is 1. The molecular formula is C14H15BrFNO. The molecule has 18 heavy (non-hydrogen) atoms. The Morgan fingerprint density at radius 2 is 2.11 bits per heavy atom. The minimum atomic E-state index is -0.224. The van der Waals surface area contributed by atoms with Crippen molar-refractivity contribution in [2.75, 3.05) is 6.54 Å². The summed E-state index contributed by atoms with van der Waals surface area (Å²) < 4.78 is 19.7. The van der Waals surface area contributed by atoms with Gasteiger partial charge in [0.1, 0.15) is 11.6 Å². The quantitative estimate of drug-likeness (QED) is 0.916. The molecule has 0 radical (unpaired) electrons. The molecule has 1 aromatic heterocycles. The SMILES string of the molecule is CCNC(c1cc(C)cc(F)c1)c1ccc(Br)o1. The normalized spacial score (nSPS) is 12.7. The molecule has 1 aromatic carbocycles. The number of rotatable bonds is 4. The Labute approximate surface area is 114 Å². The Morgan fingerprint density at radius 3 is 2.67 bits per heavy atom. The molecular weight excluding hydrogens is 297 g/mol. The highest BCUT2D eigenvalue weighted by Crippen LogP contribution is 2.27. The van der Waals surface area contributed by atoms with E-state index in [1.807, 2.05) is 32.0 Å². The van der Waals surface area contributed by atoms with Gasteiger partial charge in [-0.2, -0.15) is 0 Å². The Hall–Kier alpha value is -1.13. The summed E-state index contributed by atoms with van der Waals surface area (Å²) in [5.41, 5.74) is 1.77. The van der Waals surface area contributed by atoms with Gasteiger partial charge in [-0.25, -0.2) is 4.39 Å². The van der Waals surface area contributed by atoms with Crippen molar-refractivity contribution >= 4 is 15.9 Å². The van der Waals surface area contributed by atoms with Crippen LogP contribution in [0.3, 0.4) is 0 Å². The third kappa shape index (κ3) is 3.00. The minimum absolute atomic E-state index is 0.129. The van der Waals surface area contributed by atoms with Gasteiger partial charge < -0.3 is 9.73 Å². The summed E-state index contributed by atoms with van der Waals surface area (Å²) in [5.74, 6) is 0.548. The fraction of sp³-hybridized carbons (Fsp3) is 0.286. The maximum Gasteiger partial charge on any atom is 0.169 e. The Balaban J connectivity index is 2.40. The molecule has 0 aliphatic rings. The highest BCUT2D eigenvalue weighted by atomic mass is 79.9.